The molecule has 0 aliphatic rings. The number of pyridine rings is 1. The van der Waals surface area contributed by atoms with Crippen LogP contribution in [0, 0.1) is 12.8 Å². The molecule has 0 N–H and O–H groups in total. The standard InChI is InChI=1S/C13H18ClNO2/c1-9(2)5-4-6-17-13(16)11-7-10(3)15-12(14)8-11/h7-9H,4-6H2,1-3H3. The number of esters is 1. The summed E-state index contributed by atoms with van der Waals surface area (Å²) in [5.74, 6) is 0.299. The molecule has 4 heteroatoms. The molecule has 0 unspecified atom stereocenters. The lowest BCUT2D eigenvalue weighted by molar-refractivity contribution is 0.0494. The Bertz CT molecular complexity index is 371. The van der Waals surface area contributed by atoms with Crippen LogP contribution in [0.15, 0.2) is 12.1 Å². The maximum atomic E-state index is 11.7. The van der Waals surface area contributed by atoms with Gasteiger partial charge in [-0.3, -0.25) is 0 Å². The second-order valence-corrected chi connectivity index (χ2v) is 4.88. The SMILES string of the molecule is Cc1cc(C(=O)OCCCC(C)C)cc(Cl)n1. The van der Waals surface area contributed by atoms with Crippen molar-refractivity contribution in [2.75, 3.05) is 6.61 Å². The number of carbonyl (C=O) groups is 1. The molecule has 0 amide bonds. The molecule has 3 nitrogen and oxygen atoms in total. The summed E-state index contributed by atoms with van der Waals surface area (Å²) in [6, 6.07) is 3.20. The lowest BCUT2D eigenvalue weighted by atomic mass is 10.1. The Morgan fingerprint density at radius 1 is 1.47 bits per heavy atom. The summed E-state index contributed by atoms with van der Waals surface area (Å²) < 4.78 is 5.16. The Kier molecular flexibility index (Phi) is 5.42. The van der Waals surface area contributed by atoms with Crippen LogP contribution in [0.1, 0.15) is 42.7 Å². The molecule has 0 aliphatic heterocycles. The third-order valence-electron chi connectivity index (χ3n) is 2.32. The molecule has 0 bridgehead atoms. The average molecular weight is 256 g/mol. The van der Waals surface area contributed by atoms with Crippen molar-refractivity contribution in [3.63, 3.8) is 0 Å². The largest absolute Gasteiger partial charge is 0.462 e. The summed E-state index contributed by atoms with van der Waals surface area (Å²) in [6.07, 6.45) is 1.95. The van der Waals surface area contributed by atoms with Crippen LogP contribution in [0.4, 0.5) is 0 Å². The minimum absolute atomic E-state index is 0.319. The maximum Gasteiger partial charge on any atom is 0.338 e. The zero-order chi connectivity index (χ0) is 12.8. The smallest absolute Gasteiger partial charge is 0.338 e. The quantitative estimate of drug-likeness (QED) is 0.458. The topological polar surface area (TPSA) is 39.2 Å². The molecular formula is C13H18ClNO2. The van der Waals surface area contributed by atoms with Crippen LogP contribution in [-0.2, 0) is 4.74 Å². The van der Waals surface area contributed by atoms with Crippen molar-refractivity contribution in [1.29, 1.82) is 0 Å². The second kappa shape index (κ2) is 6.60. The number of nitrogens with zero attached hydrogens (tertiary/aromatic N) is 1. The Morgan fingerprint density at radius 3 is 2.76 bits per heavy atom. The second-order valence-electron chi connectivity index (χ2n) is 4.49. The van der Waals surface area contributed by atoms with Gasteiger partial charge in [0.2, 0.25) is 0 Å². The molecule has 1 aromatic heterocycles. The normalized spacial score (nSPS) is 10.6. The number of hydrogen-bond acceptors (Lipinski definition) is 3. The fourth-order valence-corrected chi connectivity index (χ4v) is 1.74. The van der Waals surface area contributed by atoms with E-state index in [4.69, 9.17) is 16.3 Å². The Morgan fingerprint density at radius 2 is 2.18 bits per heavy atom. The first-order chi connectivity index (χ1) is 7.99. The molecule has 0 atom stereocenters. The van der Waals surface area contributed by atoms with Crippen LogP contribution in [0.2, 0.25) is 5.15 Å². The van der Waals surface area contributed by atoms with E-state index in [1.165, 1.54) is 6.07 Å². The summed E-state index contributed by atoms with van der Waals surface area (Å²) >= 11 is 5.78. The van der Waals surface area contributed by atoms with Crippen molar-refractivity contribution in [2.24, 2.45) is 5.92 Å². The number of rotatable bonds is 5. The van der Waals surface area contributed by atoms with Gasteiger partial charge in [-0.2, -0.15) is 0 Å². The van der Waals surface area contributed by atoms with Gasteiger partial charge in [-0.05, 0) is 37.8 Å². The van der Waals surface area contributed by atoms with E-state index in [2.05, 4.69) is 18.8 Å². The van der Waals surface area contributed by atoms with Gasteiger partial charge in [0.15, 0.2) is 0 Å². The molecule has 1 aromatic rings. The number of aryl methyl sites for hydroxylation is 1. The number of halogens is 1. The van der Waals surface area contributed by atoms with Gasteiger partial charge in [0.25, 0.3) is 0 Å². The van der Waals surface area contributed by atoms with Gasteiger partial charge in [0.1, 0.15) is 5.15 Å². The van der Waals surface area contributed by atoms with Crippen LogP contribution in [-0.4, -0.2) is 17.6 Å². The van der Waals surface area contributed by atoms with Crippen molar-refractivity contribution in [1.82, 2.24) is 4.98 Å². The van der Waals surface area contributed by atoms with Crippen LogP contribution in [0.25, 0.3) is 0 Å². The Hall–Kier alpha value is -1.09. The van der Waals surface area contributed by atoms with Crippen LogP contribution in [0.3, 0.4) is 0 Å². The molecule has 0 radical (unpaired) electrons. The molecule has 94 valence electrons. The van der Waals surface area contributed by atoms with Crippen molar-refractivity contribution >= 4 is 17.6 Å². The predicted molar refractivity (Wildman–Crippen MR) is 68.3 cm³/mol. The summed E-state index contributed by atoms with van der Waals surface area (Å²) in [5, 5.41) is 0.319. The molecule has 0 spiro atoms. The average Bonchev–Trinajstić information content (AvgIpc) is 2.22. The van der Waals surface area contributed by atoms with E-state index >= 15 is 0 Å². The van der Waals surface area contributed by atoms with Crippen molar-refractivity contribution < 1.29 is 9.53 Å². The van der Waals surface area contributed by atoms with E-state index in [1.807, 2.05) is 0 Å². The Balaban J connectivity index is 2.47. The lowest BCUT2D eigenvalue weighted by Crippen LogP contribution is -2.08. The molecule has 0 saturated heterocycles. The predicted octanol–water partition coefficient (Wildman–Crippen LogP) is 3.64. The third kappa shape index (κ3) is 5.18. The summed E-state index contributed by atoms with van der Waals surface area (Å²) in [6.45, 7) is 6.54. The third-order valence-corrected chi connectivity index (χ3v) is 2.51. The first kappa shape index (κ1) is 14.0. The van der Waals surface area contributed by atoms with Crippen molar-refractivity contribution in [3.05, 3.63) is 28.5 Å². The van der Waals surface area contributed by atoms with E-state index in [1.54, 1.807) is 13.0 Å². The first-order valence-corrected chi connectivity index (χ1v) is 6.18. The molecule has 1 heterocycles. The number of aromatic nitrogens is 1. The number of hydrogen-bond donors (Lipinski definition) is 0. The zero-order valence-electron chi connectivity index (χ0n) is 10.5. The molecule has 0 fully saturated rings. The monoisotopic (exact) mass is 255 g/mol. The van der Waals surface area contributed by atoms with E-state index in [9.17, 15) is 4.79 Å². The van der Waals surface area contributed by atoms with Gasteiger partial charge in [0, 0.05) is 5.69 Å². The maximum absolute atomic E-state index is 11.7. The van der Waals surface area contributed by atoms with Gasteiger partial charge in [0.05, 0.1) is 12.2 Å². The van der Waals surface area contributed by atoms with E-state index in [0.717, 1.165) is 12.8 Å². The minimum Gasteiger partial charge on any atom is -0.462 e. The minimum atomic E-state index is -0.332. The van der Waals surface area contributed by atoms with Crippen LogP contribution < -0.4 is 0 Å². The van der Waals surface area contributed by atoms with Crippen LogP contribution in [0.5, 0.6) is 0 Å². The lowest BCUT2D eigenvalue weighted by Gasteiger charge is -2.07. The molecule has 0 saturated carbocycles. The molecule has 1 rings (SSSR count). The highest BCUT2D eigenvalue weighted by Crippen LogP contribution is 2.12. The summed E-state index contributed by atoms with van der Waals surface area (Å²) in [7, 11) is 0. The molecular weight excluding hydrogens is 238 g/mol. The fourth-order valence-electron chi connectivity index (χ4n) is 1.49. The van der Waals surface area contributed by atoms with Gasteiger partial charge in [-0.1, -0.05) is 25.4 Å². The summed E-state index contributed by atoms with van der Waals surface area (Å²) in [4.78, 5) is 15.7. The highest BCUT2D eigenvalue weighted by molar-refractivity contribution is 6.29. The molecule has 0 aliphatic carbocycles. The highest BCUT2D eigenvalue weighted by Gasteiger charge is 2.09. The molecule has 17 heavy (non-hydrogen) atoms. The zero-order valence-corrected chi connectivity index (χ0v) is 11.3. The number of carbonyl (C=O) groups excluding carboxylic acids is 1. The van der Waals surface area contributed by atoms with Crippen LogP contribution >= 0.6 is 11.6 Å². The van der Waals surface area contributed by atoms with E-state index in [-0.39, 0.29) is 5.97 Å². The van der Waals surface area contributed by atoms with Crippen molar-refractivity contribution in [3.8, 4) is 0 Å². The van der Waals surface area contributed by atoms with E-state index < -0.39 is 0 Å². The van der Waals surface area contributed by atoms with Gasteiger partial charge in [-0.15, -0.1) is 0 Å². The highest BCUT2D eigenvalue weighted by atomic mass is 35.5. The van der Waals surface area contributed by atoms with Crippen molar-refractivity contribution in [2.45, 2.75) is 33.6 Å². The van der Waals surface area contributed by atoms with Gasteiger partial charge < -0.3 is 4.74 Å². The van der Waals surface area contributed by atoms with Gasteiger partial charge >= 0.3 is 5.97 Å². The van der Waals surface area contributed by atoms with E-state index in [0.29, 0.717) is 28.9 Å². The Labute approximate surface area is 107 Å². The van der Waals surface area contributed by atoms with Gasteiger partial charge in [-0.25, -0.2) is 9.78 Å². The molecule has 0 aromatic carbocycles. The fraction of sp³-hybridized carbons (Fsp3) is 0.538. The first-order valence-electron chi connectivity index (χ1n) is 5.80. The number of ether oxygens (including phenoxy) is 1. The summed E-state index contributed by atoms with van der Waals surface area (Å²) in [5.41, 5.74) is 1.18.